The van der Waals surface area contributed by atoms with Gasteiger partial charge in [0, 0.05) is 26.8 Å². The molecule has 1 aliphatic rings. The van der Waals surface area contributed by atoms with Crippen LogP contribution in [0, 0.1) is 0 Å². The second-order valence-corrected chi connectivity index (χ2v) is 17.7. The van der Waals surface area contributed by atoms with Crippen molar-refractivity contribution in [3.63, 3.8) is 0 Å². The van der Waals surface area contributed by atoms with Crippen molar-refractivity contribution < 1.29 is 57.2 Å². The van der Waals surface area contributed by atoms with Crippen LogP contribution < -0.4 is 28.4 Å². The van der Waals surface area contributed by atoms with E-state index in [4.69, 9.17) is 28.4 Å². The minimum atomic E-state index is -1.04. The van der Waals surface area contributed by atoms with Crippen molar-refractivity contribution in [1.82, 2.24) is 0 Å². The minimum Gasteiger partial charge on any atom is -0.422 e. The average molecular weight is 1190 g/mol. The summed E-state index contributed by atoms with van der Waals surface area (Å²) < 4.78 is 36.8. The van der Waals surface area contributed by atoms with Crippen molar-refractivity contribution in [3.05, 3.63) is 169 Å². The highest BCUT2D eigenvalue weighted by Crippen LogP contribution is 2.35. The van der Waals surface area contributed by atoms with E-state index in [1.54, 1.807) is 0 Å². The van der Waals surface area contributed by atoms with E-state index in [1.165, 1.54) is 109 Å². The quantitative estimate of drug-likeness (QED) is 0.105. The maximum absolute atomic E-state index is 13.8. The molecule has 1 heterocycles. The zero-order chi connectivity index (χ0) is 42.8. The van der Waals surface area contributed by atoms with Gasteiger partial charge in [-0.15, -0.1) is 0 Å². The summed E-state index contributed by atoms with van der Waals surface area (Å²) in [5, 5.41) is 0. The molecule has 0 bridgehead atoms. The van der Waals surface area contributed by atoms with Crippen LogP contribution in [0.15, 0.2) is 136 Å². The Hall–Kier alpha value is -4.98. The van der Waals surface area contributed by atoms with Crippen LogP contribution in [0.5, 0.6) is 34.5 Å². The summed E-state index contributed by atoms with van der Waals surface area (Å²) in [6.07, 6.45) is 0. The number of esters is 6. The largest absolute Gasteiger partial charge is 0.422 e. The first-order valence-electron chi connectivity index (χ1n) is 16.7. The SMILES string of the molecule is O=C1Oc2cc(Br)ccc2C(=O)Oc2cc(Br)ccc2C(=O)Oc2cc(Br)ccc2C(=O)Oc2cc(Br)ccc2C(=O)Oc2cc(Br)ccc2C(=O)Oc2cc(Br)ccc21. The number of hydrogen-bond donors (Lipinski definition) is 0. The van der Waals surface area contributed by atoms with Crippen LogP contribution >= 0.6 is 95.6 Å². The summed E-state index contributed by atoms with van der Waals surface area (Å²) in [5.74, 6) is -7.82. The summed E-state index contributed by atoms with van der Waals surface area (Å²) in [6.45, 7) is 0. The molecular formula is C42H18Br6O12. The third-order valence-electron chi connectivity index (χ3n) is 8.20. The number of benzene rings is 6. The van der Waals surface area contributed by atoms with Crippen LogP contribution in [-0.2, 0) is 0 Å². The maximum atomic E-state index is 13.8. The Morgan fingerprint density at radius 2 is 0.367 bits per heavy atom. The van der Waals surface area contributed by atoms with Crippen LogP contribution in [0.4, 0.5) is 0 Å². The Morgan fingerprint density at radius 1 is 0.233 bits per heavy atom. The summed E-state index contributed by atoms with van der Waals surface area (Å²) in [4.78, 5) is 83.0. The van der Waals surface area contributed by atoms with E-state index < -0.39 is 35.8 Å². The second kappa shape index (κ2) is 18.3. The van der Waals surface area contributed by atoms with E-state index in [0.717, 1.165) is 0 Å². The molecule has 0 radical (unpaired) electrons. The van der Waals surface area contributed by atoms with Crippen LogP contribution in [0.3, 0.4) is 0 Å². The monoisotopic (exact) mass is 1190 g/mol. The highest BCUT2D eigenvalue weighted by atomic mass is 79.9. The van der Waals surface area contributed by atoms with Crippen molar-refractivity contribution in [1.29, 1.82) is 0 Å². The van der Waals surface area contributed by atoms with E-state index >= 15 is 0 Å². The molecule has 6 aromatic rings. The summed E-state index contributed by atoms with van der Waals surface area (Å²) in [7, 11) is 0. The topological polar surface area (TPSA) is 158 Å². The molecule has 7 rings (SSSR count). The zero-order valence-corrected chi connectivity index (χ0v) is 39.1. The van der Waals surface area contributed by atoms with Gasteiger partial charge in [-0.3, -0.25) is 0 Å². The Balaban J connectivity index is 1.37. The summed E-state index contributed by atoms with van der Waals surface area (Å²) in [5.41, 5.74) is -1.41. The molecule has 1 aliphatic heterocycles. The van der Waals surface area contributed by atoms with Gasteiger partial charge in [0.1, 0.15) is 67.9 Å². The fourth-order valence-corrected chi connectivity index (χ4v) is 7.47. The number of fused-ring (bicyclic) bond motifs is 6. The molecule has 0 spiro atoms. The van der Waals surface area contributed by atoms with E-state index in [0.29, 0.717) is 26.8 Å². The predicted molar refractivity (Wildman–Crippen MR) is 235 cm³/mol. The third kappa shape index (κ3) is 9.80. The van der Waals surface area contributed by atoms with E-state index in [2.05, 4.69) is 95.6 Å². The predicted octanol–water partition coefficient (Wildman–Crippen LogP) is 11.9. The Labute approximate surface area is 389 Å². The van der Waals surface area contributed by atoms with Gasteiger partial charge in [-0.25, -0.2) is 28.8 Å². The molecule has 0 saturated carbocycles. The second-order valence-electron chi connectivity index (χ2n) is 12.2. The molecule has 300 valence electrons. The van der Waals surface area contributed by atoms with Crippen molar-refractivity contribution in [2.24, 2.45) is 0 Å². The van der Waals surface area contributed by atoms with Crippen molar-refractivity contribution in [3.8, 4) is 34.5 Å². The summed E-state index contributed by atoms with van der Waals surface area (Å²) in [6, 6.07) is 25.0. The van der Waals surface area contributed by atoms with Gasteiger partial charge >= 0.3 is 35.8 Å². The normalized spacial score (nSPS) is 13.5. The molecule has 0 aliphatic carbocycles. The number of ether oxygens (including phenoxy) is 6. The molecule has 6 aromatic carbocycles. The first-order chi connectivity index (χ1) is 28.6. The minimum absolute atomic E-state index is 0.235. The molecule has 0 fully saturated rings. The van der Waals surface area contributed by atoms with Crippen LogP contribution in [0.1, 0.15) is 62.1 Å². The lowest BCUT2D eigenvalue weighted by atomic mass is 10.1. The van der Waals surface area contributed by atoms with E-state index in [-0.39, 0.29) is 67.9 Å². The van der Waals surface area contributed by atoms with Gasteiger partial charge in [0.05, 0.1) is 0 Å². The summed E-state index contributed by atoms with van der Waals surface area (Å²) >= 11 is 19.9. The third-order valence-corrected chi connectivity index (χ3v) is 11.2. The first-order valence-corrected chi connectivity index (χ1v) is 21.5. The highest BCUT2D eigenvalue weighted by Gasteiger charge is 2.29. The smallest absolute Gasteiger partial charge is 0.347 e. The number of rotatable bonds is 0. The molecule has 0 atom stereocenters. The number of halogens is 6. The molecule has 12 nitrogen and oxygen atoms in total. The molecule has 0 aromatic heterocycles. The van der Waals surface area contributed by atoms with Gasteiger partial charge in [0.2, 0.25) is 0 Å². The van der Waals surface area contributed by atoms with Crippen LogP contribution in [-0.4, -0.2) is 35.8 Å². The van der Waals surface area contributed by atoms with Crippen molar-refractivity contribution >= 4 is 131 Å². The lowest BCUT2D eigenvalue weighted by molar-refractivity contribution is 0.0687. The van der Waals surface area contributed by atoms with E-state index in [9.17, 15) is 28.8 Å². The maximum Gasteiger partial charge on any atom is 0.347 e. The molecule has 18 heteroatoms. The molecule has 0 saturated heterocycles. The van der Waals surface area contributed by atoms with Gasteiger partial charge in [-0.1, -0.05) is 95.6 Å². The average Bonchev–Trinajstić information content (AvgIpc) is 3.17. The Bertz CT molecular complexity index is 2330. The fourth-order valence-electron chi connectivity index (χ4n) is 5.42. The Morgan fingerprint density at radius 3 is 0.500 bits per heavy atom. The lowest BCUT2D eigenvalue weighted by Crippen LogP contribution is -2.20. The van der Waals surface area contributed by atoms with Gasteiger partial charge in [-0.2, -0.15) is 0 Å². The fraction of sp³-hybridized carbons (Fsp3) is 0. The van der Waals surface area contributed by atoms with Crippen molar-refractivity contribution in [2.45, 2.75) is 0 Å². The van der Waals surface area contributed by atoms with Gasteiger partial charge in [0.25, 0.3) is 0 Å². The van der Waals surface area contributed by atoms with Gasteiger partial charge in [0.15, 0.2) is 0 Å². The van der Waals surface area contributed by atoms with E-state index in [1.807, 2.05) is 0 Å². The molecular weight excluding hydrogens is 1180 g/mol. The standard InChI is InChI=1S/C42H18Br6O12/c43-19-1-7-25-31(13-19)55-38(50)27-9-3-21(45)15-33(27)57-40(52)29-11-5-23(47)17-35(29)59-42(54)30-12-6-24(48)18-36(30)60-41(53)28-10-4-22(46)16-34(28)58-39(51)26-8-2-20(44)14-32(26)56-37(25)49/h1-18H. The molecule has 60 heavy (non-hydrogen) atoms. The molecule has 0 amide bonds. The van der Waals surface area contributed by atoms with Gasteiger partial charge in [-0.05, 0) is 109 Å². The van der Waals surface area contributed by atoms with Gasteiger partial charge < -0.3 is 28.4 Å². The van der Waals surface area contributed by atoms with Crippen LogP contribution in [0.25, 0.3) is 0 Å². The van der Waals surface area contributed by atoms with Crippen molar-refractivity contribution in [2.75, 3.05) is 0 Å². The zero-order valence-electron chi connectivity index (χ0n) is 29.6. The lowest BCUT2D eigenvalue weighted by Gasteiger charge is -2.16. The first kappa shape index (κ1) is 43.1. The highest BCUT2D eigenvalue weighted by molar-refractivity contribution is 9.11. The Kier molecular flexibility index (Phi) is 13.2. The number of hydrogen-bond acceptors (Lipinski definition) is 12. The number of carbonyl (C=O) groups is 6. The molecule has 0 N–H and O–H groups in total. The number of carbonyl (C=O) groups excluding carboxylic acids is 6. The van der Waals surface area contributed by atoms with Crippen LogP contribution in [0.2, 0.25) is 0 Å². The molecule has 0 unspecified atom stereocenters.